The Kier molecular flexibility index (Phi) is 5.06. The Morgan fingerprint density at radius 2 is 2.13 bits per heavy atom. The minimum absolute atomic E-state index is 0.187. The Labute approximate surface area is 103 Å². The molecule has 2 nitrogen and oxygen atoms in total. The lowest BCUT2D eigenvalue weighted by Crippen LogP contribution is -2.21. The van der Waals surface area contributed by atoms with Crippen LogP contribution < -0.4 is 4.87 Å². The largest absolute Gasteiger partial charge is 0.307 e. The number of aryl methyl sites for hydroxylation is 1. The SMILES string of the molecule is CCCC(CBr)Cn1c(C)c(C)sc1=O. The number of halogens is 1. The lowest BCUT2D eigenvalue weighted by Gasteiger charge is -2.14. The summed E-state index contributed by atoms with van der Waals surface area (Å²) in [5, 5.41) is 0.974. The number of thiazole rings is 1. The van der Waals surface area contributed by atoms with Crippen LogP contribution in [-0.4, -0.2) is 9.90 Å². The molecule has 0 aromatic carbocycles. The van der Waals surface area contributed by atoms with Crippen LogP contribution in [0.15, 0.2) is 4.79 Å². The van der Waals surface area contributed by atoms with Gasteiger partial charge < -0.3 is 4.57 Å². The van der Waals surface area contributed by atoms with Gasteiger partial charge in [0.05, 0.1) is 0 Å². The van der Waals surface area contributed by atoms with E-state index in [9.17, 15) is 4.79 Å². The van der Waals surface area contributed by atoms with Crippen molar-refractivity contribution in [1.29, 1.82) is 0 Å². The molecule has 0 radical (unpaired) electrons. The smallest absolute Gasteiger partial charge is 0.303 e. The predicted octanol–water partition coefficient (Wildman–Crippen LogP) is 3.34. The highest BCUT2D eigenvalue weighted by atomic mass is 79.9. The van der Waals surface area contributed by atoms with Gasteiger partial charge in [0.1, 0.15) is 0 Å². The summed E-state index contributed by atoms with van der Waals surface area (Å²) >= 11 is 4.88. The Hall–Kier alpha value is -0.0900. The molecular formula is C11H18BrNOS. The van der Waals surface area contributed by atoms with Crippen molar-refractivity contribution in [3.63, 3.8) is 0 Å². The summed E-state index contributed by atoms with van der Waals surface area (Å²) in [5.74, 6) is 0.570. The molecule has 0 saturated heterocycles. The van der Waals surface area contributed by atoms with Gasteiger partial charge in [-0.1, -0.05) is 40.6 Å². The van der Waals surface area contributed by atoms with Gasteiger partial charge in [-0.15, -0.1) is 0 Å². The maximum atomic E-state index is 11.7. The first-order valence-electron chi connectivity index (χ1n) is 5.32. The second-order valence-electron chi connectivity index (χ2n) is 3.93. The molecule has 1 rings (SSSR count). The average molecular weight is 292 g/mol. The van der Waals surface area contributed by atoms with Crippen LogP contribution in [0.5, 0.6) is 0 Å². The highest BCUT2D eigenvalue weighted by Crippen LogP contribution is 2.16. The van der Waals surface area contributed by atoms with Gasteiger partial charge >= 0.3 is 4.87 Å². The number of nitrogens with zero attached hydrogens (tertiary/aromatic N) is 1. The molecule has 1 aromatic rings. The van der Waals surface area contributed by atoms with Crippen molar-refractivity contribution in [2.45, 2.75) is 40.2 Å². The van der Waals surface area contributed by atoms with Crippen molar-refractivity contribution in [3.8, 4) is 0 Å². The number of alkyl halides is 1. The van der Waals surface area contributed by atoms with Crippen LogP contribution in [-0.2, 0) is 6.54 Å². The highest BCUT2D eigenvalue weighted by molar-refractivity contribution is 9.09. The Balaban J connectivity index is 2.83. The molecule has 0 spiro atoms. The summed E-state index contributed by atoms with van der Waals surface area (Å²) in [6.07, 6.45) is 2.35. The first kappa shape index (κ1) is 13.0. The van der Waals surface area contributed by atoms with Gasteiger partial charge in [-0.25, -0.2) is 0 Å². The van der Waals surface area contributed by atoms with E-state index in [1.54, 1.807) is 0 Å². The molecule has 1 atom stereocenters. The van der Waals surface area contributed by atoms with Gasteiger partial charge in [-0.3, -0.25) is 4.79 Å². The highest BCUT2D eigenvalue weighted by Gasteiger charge is 2.12. The first-order chi connectivity index (χ1) is 7.10. The van der Waals surface area contributed by atoms with Crippen molar-refractivity contribution >= 4 is 27.3 Å². The number of rotatable bonds is 5. The van der Waals surface area contributed by atoms with Crippen LogP contribution in [0, 0.1) is 19.8 Å². The van der Waals surface area contributed by atoms with E-state index in [0.29, 0.717) is 5.92 Å². The molecule has 0 bridgehead atoms. The molecule has 15 heavy (non-hydrogen) atoms. The van der Waals surface area contributed by atoms with Crippen molar-refractivity contribution < 1.29 is 0 Å². The minimum atomic E-state index is 0.187. The topological polar surface area (TPSA) is 22.0 Å². The summed E-state index contributed by atoms with van der Waals surface area (Å²) in [6, 6.07) is 0. The molecule has 0 fully saturated rings. The second-order valence-corrected chi connectivity index (χ2v) is 5.74. The van der Waals surface area contributed by atoms with Crippen molar-refractivity contribution in [2.24, 2.45) is 5.92 Å². The summed E-state index contributed by atoms with van der Waals surface area (Å²) < 4.78 is 1.92. The fourth-order valence-electron chi connectivity index (χ4n) is 1.68. The van der Waals surface area contributed by atoms with Crippen LogP contribution in [0.3, 0.4) is 0 Å². The fourth-order valence-corrected chi connectivity index (χ4v) is 3.05. The zero-order chi connectivity index (χ0) is 11.4. The molecule has 1 aromatic heterocycles. The number of hydrogen-bond donors (Lipinski definition) is 0. The summed E-state index contributed by atoms with van der Waals surface area (Å²) in [7, 11) is 0. The molecule has 1 heterocycles. The molecule has 1 unspecified atom stereocenters. The third-order valence-electron chi connectivity index (χ3n) is 2.73. The van der Waals surface area contributed by atoms with Gasteiger partial charge in [-0.2, -0.15) is 0 Å². The molecule has 0 saturated carbocycles. The maximum absolute atomic E-state index is 11.7. The average Bonchev–Trinajstić information content (AvgIpc) is 2.44. The quantitative estimate of drug-likeness (QED) is 0.763. The second kappa shape index (κ2) is 5.85. The van der Waals surface area contributed by atoms with Crippen LogP contribution in [0.25, 0.3) is 0 Å². The summed E-state index contributed by atoms with van der Waals surface area (Å²) in [4.78, 5) is 13.0. The number of aromatic nitrogens is 1. The van der Waals surface area contributed by atoms with Crippen LogP contribution in [0.1, 0.15) is 30.3 Å². The minimum Gasteiger partial charge on any atom is -0.303 e. The van der Waals surface area contributed by atoms with Gasteiger partial charge in [0, 0.05) is 22.4 Å². The third-order valence-corrected chi connectivity index (χ3v) is 4.64. The Morgan fingerprint density at radius 3 is 2.53 bits per heavy atom. The molecule has 0 N–H and O–H groups in total. The zero-order valence-corrected chi connectivity index (χ0v) is 11.9. The van der Waals surface area contributed by atoms with Gasteiger partial charge in [-0.05, 0) is 26.2 Å². The normalized spacial score (nSPS) is 13.1. The van der Waals surface area contributed by atoms with E-state index < -0.39 is 0 Å². The molecule has 0 aliphatic heterocycles. The van der Waals surface area contributed by atoms with Gasteiger partial charge in [0.2, 0.25) is 0 Å². The molecule has 0 aliphatic rings. The fraction of sp³-hybridized carbons (Fsp3) is 0.727. The van der Waals surface area contributed by atoms with Crippen molar-refractivity contribution in [3.05, 3.63) is 20.2 Å². The summed E-state index contributed by atoms with van der Waals surface area (Å²) in [6.45, 7) is 7.09. The lowest BCUT2D eigenvalue weighted by molar-refractivity contribution is 0.446. The molecule has 0 aliphatic carbocycles. The van der Waals surface area contributed by atoms with Crippen molar-refractivity contribution in [1.82, 2.24) is 4.57 Å². The van der Waals surface area contributed by atoms with Crippen LogP contribution in [0.2, 0.25) is 0 Å². The van der Waals surface area contributed by atoms with E-state index in [4.69, 9.17) is 0 Å². The Bertz CT molecular complexity index is 369. The number of hydrogen-bond acceptors (Lipinski definition) is 2. The maximum Gasteiger partial charge on any atom is 0.307 e. The summed E-state index contributed by atoms with van der Waals surface area (Å²) in [5.41, 5.74) is 1.13. The Morgan fingerprint density at radius 1 is 1.47 bits per heavy atom. The van der Waals surface area contributed by atoms with Gasteiger partial charge in [0.15, 0.2) is 0 Å². The first-order valence-corrected chi connectivity index (χ1v) is 7.26. The van der Waals surface area contributed by atoms with Crippen LogP contribution >= 0.6 is 27.3 Å². The zero-order valence-electron chi connectivity index (χ0n) is 9.55. The van der Waals surface area contributed by atoms with E-state index in [2.05, 4.69) is 22.9 Å². The van der Waals surface area contributed by atoms with Crippen molar-refractivity contribution in [2.75, 3.05) is 5.33 Å². The van der Waals surface area contributed by atoms with Gasteiger partial charge in [0.25, 0.3) is 0 Å². The molecule has 4 heteroatoms. The van der Waals surface area contributed by atoms with E-state index in [1.165, 1.54) is 24.2 Å². The molecule has 86 valence electrons. The monoisotopic (exact) mass is 291 g/mol. The standard InChI is InChI=1S/C11H18BrNOS/c1-4-5-10(6-12)7-13-8(2)9(3)15-11(13)14/h10H,4-7H2,1-3H3. The van der Waals surface area contributed by atoms with E-state index in [-0.39, 0.29) is 4.87 Å². The molecular weight excluding hydrogens is 274 g/mol. The predicted molar refractivity (Wildman–Crippen MR) is 70.2 cm³/mol. The van der Waals surface area contributed by atoms with E-state index >= 15 is 0 Å². The van der Waals surface area contributed by atoms with Crippen LogP contribution in [0.4, 0.5) is 0 Å². The van der Waals surface area contributed by atoms with E-state index in [1.807, 2.05) is 18.4 Å². The lowest BCUT2D eigenvalue weighted by atomic mass is 10.1. The molecule has 0 amide bonds. The van der Waals surface area contributed by atoms with E-state index in [0.717, 1.165) is 22.4 Å². The third kappa shape index (κ3) is 3.18.